The molecule has 1 fully saturated rings. The molecule has 0 aliphatic carbocycles. The number of methoxy groups -OCH3 is 1. The summed E-state index contributed by atoms with van der Waals surface area (Å²) in [7, 11) is -0.155. The van der Waals surface area contributed by atoms with Gasteiger partial charge in [-0.1, -0.05) is 0 Å². The lowest BCUT2D eigenvalue weighted by Gasteiger charge is -2.25. The standard InChI is InChI=1S/C9H21N3O3S/c1-11(8-9-15-2)16(13,14)12-6-3-4-10-5-7-12/h10H,3-9H2,1-2H3. The molecule has 1 N–H and O–H groups in total. The minimum Gasteiger partial charge on any atom is -0.383 e. The Morgan fingerprint density at radius 3 is 2.81 bits per heavy atom. The maximum absolute atomic E-state index is 12.1. The third-order valence-corrected chi connectivity index (χ3v) is 4.62. The van der Waals surface area contributed by atoms with Crippen molar-refractivity contribution in [1.29, 1.82) is 0 Å². The molecule has 1 aliphatic heterocycles. The molecule has 0 saturated carbocycles. The molecule has 0 aromatic heterocycles. The molecule has 0 atom stereocenters. The van der Waals surface area contributed by atoms with Crippen LogP contribution in [0.4, 0.5) is 0 Å². The quantitative estimate of drug-likeness (QED) is 0.688. The summed E-state index contributed by atoms with van der Waals surface area (Å²) < 4.78 is 32.0. The third kappa shape index (κ3) is 3.67. The number of hydrogen-bond donors (Lipinski definition) is 1. The molecule has 0 aromatic carbocycles. The molecular weight excluding hydrogens is 230 g/mol. The van der Waals surface area contributed by atoms with E-state index >= 15 is 0 Å². The van der Waals surface area contributed by atoms with Crippen LogP contribution >= 0.6 is 0 Å². The Balaban J connectivity index is 2.59. The molecule has 1 saturated heterocycles. The maximum Gasteiger partial charge on any atom is 0.281 e. The minimum absolute atomic E-state index is 0.392. The first-order chi connectivity index (χ1) is 7.59. The number of rotatable bonds is 5. The van der Waals surface area contributed by atoms with Crippen LogP contribution in [0, 0.1) is 0 Å². The van der Waals surface area contributed by atoms with Crippen LogP contribution in [0.2, 0.25) is 0 Å². The van der Waals surface area contributed by atoms with Crippen LogP contribution in [0.25, 0.3) is 0 Å². The van der Waals surface area contributed by atoms with Gasteiger partial charge in [0.15, 0.2) is 0 Å². The molecule has 0 radical (unpaired) electrons. The highest BCUT2D eigenvalue weighted by Gasteiger charge is 2.26. The Kier molecular flexibility index (Phi) is 5.63. The number of nitrogens with one attached hydrogen (secondary N) is 1. The second kappa shape index (κ2) is 6.51. The summed E-state index contributed by atoms with van der Waals surface area (Å²) in [5.41, 5.74) is 0. The highest BCUT2D eigenvalue weighted by atomic mass is 32.2. The van der Waals surface area contributed by atoms with Gasteiger partial charge in [0.05, 0.1) is 6.61 Å². The number of likely N-dealkylation sites (N-methyl/N-ethyl adjacent to an activating group) is 1. The van der Waals surface area contributed by atoms with Crippen LogP contribution in [0.1, 0.15) is 6.42 Å². The summed E-state index contributed by atoms with van der Waals surface area (Å²) in [6.45, 7) is 3.54. The fourth-order valence-corrected chi connectivity index (χ4v) is 2.97. The van der Waals surface area contributed by atoms with Crippen LogP contribution in [0.15, 0.2) is 0 Å². The van der Waals surface area contributed by atoms with Gasteiger partial charge in [-0.05, 0) is 13.0 Å². The average molecular weight is 251 g/mol. The molecule has 96 valence electrons. The minimum atomic E-state index is -3.31. The van der Waals surface area contributed by atoms with Crippen molar-refractivity contribution in [2.75, 3.05) is 53.5 Å². The van der Waals surface area contributed by atoms with E-state index in [1.165, 1.54) is 8.61 Å². The first-order valence-electron chi connectivity index (χ1n) is 5.50. The maximum atomic E-state index is 12.1. The topological polar surface area (TPSA) is 61.9 Å². The van der Waals surface area contributed by atoms with Crippen molar-refractivity contribution in [3.05, 3.63) is 0 Å². The zero-order valence-corrected chi connectivity index (χ0v) is 10.8. The van der Waals surface area contributed by atoms with E-state index in [0.29, 0.717) is 26.2 Å². The van der Waals surface area contributed by atoms with Crippen molar-refractivity contribution < 1.29 is 13.2 Å². The molecule has 6 nitrogen and oxygen atoms in total. The van der Waals surface area contributed by atoms with Crippen molar-refractivity contribution in [2.24, 2.45) is 0 Å². The molecule has 16 heavy (non-hydrogen) atoms. The number of hydrogen-bond acceptors (Lipinski definition) is 4. The third-order valence-electron chi connectivity index (χ3n) is 2.63. The summed E-state index contributed by atoms with van der Waals surface area (Å²) in [5.74, 6) is 0. The predicted octanol–water partition coefficient (Wildman–Crippen LogP) is -0.895. The van der Waals surface area contributed by atoms with Gasteiger partial charge >= 0.3 is 0 Å². The van der Waals surface area contributed by atoms with Gasteiger partial charge in [0.2, 0.25) is 0 Å². The lowest BCUT2D eigenvalue weighted by atomic mass is 10.4. The van der Waals surface area contributed by atoms with Gasteiger partial charge in [-0.15, -0.1) is 0 Å². The first-order valence-corrected chi connectivity index (χ1v) is 6.90. The summed E-state index contributed by atoms with van der Waals surface area (Å²) in [6, 6.07) is 0. The van der Waals surface area contributed by atoms with Gasteiger partial charge in [0, 0.05) is 40.3 Å². The highest BCUT2D eigenvalue weighted by molar-refractivity contribution is 7.86. The SMILES string of the molecule is COCCN(C)S(=O)(=O)N1CCCNCC1. The molecular formula is C9H21N3O3S. The van der Waals surface area contributed by atoms with Gasteiger partial charge in [0.1, 0.15) is 0 Å². The van der Waals surface area contributed by atoms with Crippen molar-refractivity contribution in [2.45, 2.75) is 6.42 Å². The zero-order chi connectivity index (χ0) is 12.0. The fraction of sp³-hybridized carbons (Fsp3) is 1.00. The van der Waals surface area contributed by atoms with E-state index < -0.39 is 10.2 Å². The Hall–Kier alpha value is -0.210. The smallest absolute Gasteiger partial charge is 0.281 e. The Morgan fingerprint density at radius 1 is 1.38 bits per heavy atom. The number of ether oxygens (including phenoxy) is 1. The molecule has 1 heterocycles. The van der Waals surface area contributed by atoms with Gasteiger partial charge in [-0.3, -0.25) is 0 Å². The first kappa shape index (κ1) is 13.9. The van der Waals surface area contributed by atoms with E-state index in [2.05, 4.69) is 5.32 Å². The van der Waals surface area contributed by atoms with Gasteiger partial charge < -0.3 is 10.1 Å². The molecule has 0 bridgehead atoms. The molecule has 7 heteroatoms. The van der Waals surface area contributed by atoms with Crippen molar-refractivity contribution >= 4 is 10.2 Å². The zero-order valence-electron chi connectivity index (χ0n) is 9.98. The molecule has 1 aliphatic rings. The number of nitrogens with zero attached hydrogens (tertiary/aromatic N) is 2. The van der Waals surface area contributed by atoms with E-state index in [0.717, 1.165) is 19.5 Å². The normalized spacial score (nSPS) is 19.9. The van der Waals surface area contributed by atoms with Crippen LogP contribution in [-0.2, 0) is 14.9 Å². The lowest BCUT2D eigenvalue weighted by Crippen LogP contribution is -2.44. The Labute approximate surface area is 97.7 Å². The lowest BCUT2D eigenvalue weighted by molar-refractivity contribution is 0.182. The molecule has 0 unspecified atom stereocenters. The molecule has 0 amide bonds. The molecule has 0 spiro atoms. The van der Waals surface area contributed by atoms with E-state index in [-0.39, 0.29) is 0 Å². The van der Waals surface area contributed by atoms with E-state index in [1.807, 2.05) is 0 Å². The summed E-state index contributed by atoms with van der Waals surface area (Å²) in [6.07, 6.45) is 0.858. The summed E-state index contributed by atoms with van der Waals surface area (Å²) in [4.78, 5) is 0. The van der Waals surface area contributed by atoms with Crippen LogP contribution in [0.3, 0.4) is 0 Å². The predicted molar refractivity (Wildman–Crippen MR) is 62.5 cm³/mol. The van der Waals surface area contributed by atoms with Crippen LogP contribution in [-0.4, -0.2) is 70.5 Å². The Bertz CT molecular complexity index is 286. The van der Waals surface area contributed by atoms with E-state index in [1.54, 1.807) is 14.2 Å². The van der Waals surface area contributed by atoms with Crippen molar-refractivity contribution in [3.8, 4) is 0 Å². The van der Waals surface area contributed by atoms with Gasteiger partial charge in [-0.25, -0.2) is 0 Å². The molecule has 0 aromatic rings. The summed E-state index contributed by atoms with van der Waals surface area (Å²) in [5, 5.41) is 3.18. The van der Waals surface area contributed by atoms with Gasteiger partial charge in [-0.2, -0.15) is 17.0 Å². The van der Waals surface area contributed by atoms with Crippen molar-refractivity contribution in [3.63, 3.8) is 0 Å². The summed E-state index contributed by atoms with van der Waals surface area (Å²) >= 11 is 0. The average Bonchev–Trinajstić information content (AvgIpc) is 2.54. The molecule has 1 rings (SSSR count). The van der Waals surface area contributed by atoms with Crippen LogP contribution < -0.4 is 5.32 Å². The highest BCUT2D eigenvalue weighted by Crippen LogP contribution is 2.08. The second-order valence-corrected chi connectivity index (χ2v) is 5.86. The largest absolute Gasteiger partial charge is 0.383 e. The fourth-order valence-electron chi connectivity index (χ4n) is 1.58. The van der Waals surface area contributed by atoms with Crippen molar-refractivity contribution in [1.82, 2.24) is 13.9 Å². The van der Waals surface area contributed by atoms with E-state index in [4.69, 9.17) is 4.74 Å². The second-order valence-electron chi connectivity index (χ2n) is 3.82. The van der Waals surface area contributed by atoms with Gasteiger partial charge in [0.25, 0.3) is 10.2 Å². The monoisotopic (exact) mass is 251 g/mol. The van der Waals surface area contributed by atoms with Crippen LogP contribution in [0.5, 0.6) is 0 Å². The Morgan fingerprint density at radius 2 is 2.12 bits per heavy atom. The van der Waals surface area contributed by atoms with E-state index in [9.17, 15) is 8.42 Å².